The van der Waals surface area contributed by atoms with E-state index in [9.17, 15) is 0 Å². The topological polar surface area (TPSA) is 55.6 Å². The Morgan fingerprint density at radius 3 is 2.76 bits per heavy atom. The third-order valence-electron chi connectivity index (χ3n) is 2.70. The predicted octanol–water partition coefficient (Wildman–Crippen LogP) is 2.26. The molecule has 0 amide bonds. The lowest BCUT2D eigenvalue weighted by atomic mass is 10.2. The molecule has 0 aromatic carbocycles. The van der Waals surface area contributed by atoms with E-state index >= 15 is 0 Å². The van der Waals surface area contributed by atoms with Crippen molar-refractivity contribution in [3.63, 3.8) is 0 Å². The molecule has 0 aliphatic heterocycles. The molecule has 2 heterocycles. The van der Waals surface area contributed by atoms with Crippen LogP contribution in [0.2, 0.25) is 0 Å². The molecule has 0 saturated carbocycles. The monoisotopic (exact) mass is 231 g/mol. The molecule has 0 fully saturated rings. The smallest absolute Gasteiger partial charge is 0.173 e. The van der Waals surface area contributed by atoms with Crippen molar-refractivity contribution < 1.29 is 0 Å². The Morgan fingerprint density at radius 2 is 2.12 bits per heavy atom. The fraction of sp³-hybridized carbons (Fsp3) is 0.417. The highest BCUT2D eigenvalue weighted by molar-refractivity contribution is 5.36. The van der Waals surface area contributed by atoms with Crippen LogP contribution in [0.25, 0.3) is 5.82 Å². The van der Waals surface area contributed by atoms with E-state index in [2.05, 4.69) is 34.2 Å². The molecular formula is C12H17N5. The van der Waals surface area contributed by atoms with Crippen LogP contribution in [0.5, 0.6) is 0 Å². The van der Waals surface area contributed by atoms with Crippen LogP contribution in [0.1, 0.15) is 26.7 Å². The highest BCUT2D eigenvalue weighted by atomic mass is 15.3. The molecule has 5 nitrogen and oxygen atoms in total. The molecule has 90 valence electrons. The van der Waals surface area contributed by atoms with Gasteiger partial charge < -0.3 is 5.32 Å². The second kappa shape index (κ2) is 5.43. The van der Waals surface area contributed by atoms with Crippen molar-refractivity contribution in [3.05, 3.63) is 30.9 Å². The van der Waals surface area contributed by atoms with Gasteiger partial charge in [-0.25, -0.2) is 9.67 Å². The molecule has 0 unspecified atom stereocenters. The highest BCUT2D eigenvalue weighted by Gasteiger charge is 2.05. The molecule has 0 atom stereocenters. The average Bonchev–Trinajstić information content (AvgIpc) is 2.90. The summed E-state index contributed by atoms with van der Waals surface area (Å²) in [6.07, 6.45) is 9.17. The Bertz CT molecular complexity index is 448. The van der Waals surface area contributed by atoms with Crippen LogP contribution in [0.4, 0.5) is 5.82 Å². The van der Waals surface area contributed by atoms with Crippen LogP contribution in [-0.4, -0.2) is 25.8 Å². The lowest BCUT2D eigenvalue weighted by Crippen LogP contribution is -2.18. The summed E-state index contributed by atoms with van der Waals surface area (Å²) in [6, 6.07) is 2.31. The molecule has 2 aromatic rings. The predicted molar refractivity (Wildman–Crippen MR) is 67.1 cm³/mol. The van der Waals surface area contributed by atoms with E-state index in [1.807, 2.05) is 12.3 Å². The molecule has 2 aromatic heterocycles. The summed E-state index contributed by atoms with van der Waals surface area (Å²) in [5.41, 5.74) is 0. The minimum Gasteiger partial charge on any atom is -0.366 e. The first-order valence-electron chi connectivity index (χ1n) is 5.92. The van der Waals surface area contributed by atoms with Gasteiger partial charge in [0, 0.05) is 18.4 Å². The summed E-state index contributed by atoms with van der Waals surface area (Å²) in [7, 11) is 0. The number of aromatic nitrogens is 4. The van der Waals surface area contributed by atoms with Crippen LogP contribution in [0.3, 0.4) is 0 Å². The number of rotatable bonds is 5. The number of hydrogen-bond donors (Lipinski definition) is 1. The SMILES string of the molecule is CCC(CC)Nc1cncc(-n2cccn2)n1. The zero-order valence-electron chi connectivity index (χ0n) is 10.2. The molecule has 0 aliphatic carbocycles. The Kier molecular flexibility index (Phi) is 3.69. The van der Waals surface area contributed by atoms with E-state index in [0.717, 1.165) is 24.5 Å². The van der Waals surface area contributed by atoms with Crippen molar-refractivity contribution in [3.8, 4) is 5.82 Å². The van der Waals surface area contributed by atoms with Crippen molar-refractivity contribution in [2.45, 2.75) is 32.7 Å². The quantitative estimate of drug-likeness (QED) is 0.857. The molecular weight excluding hydrogens is 214 g/mol. The van der Waals surface area contributed by atoms with Crippen LogP contribution in [0, 0.1) is 0 Å². The standard InChI is InChI=1S/C12H17N5/c1-3-10(4-2)15-11-8-13-9-12(16-11)17-7-5-6-14-17/h5-10H,3-4H2,1-2H3,(H,15,16). The summed E-state index contributed by atoms with van der Waals surface area (Å²) in [6.45, 7) is 4.32. The molecule has 17 heavy (non-hydrogen) atoms. The summed E-state index contributed by atoms with van der Waals surface area (Å²) < 4.78 is 1.70. The first kappa shape index (κ1) is 11.6. The summed E-state index contributed by atoms with van der Waals surface area (Å²) >= 11 is 0. The van der Waals surface area contributed by atoms with Gasteiger partial charge in [0.2, 0.25) is 0 Å². The van der Waals surface area contributed by atoms with Crippen molar-refractivity contribution in [2.75, 3.05) is 5.32 Å². The van der Waals surface area contributed by atoms with Gasteiger partial charge in [-0.05, 0) is 18.9 Å². The van der Waals surface area contributed by atoms with Gasteiger partial charge >= 0.3 is 0 Å². The molecule has 0 radical (unpaired) electrons. The molecule has 0 saturated heterocycles. The van der Waals surface area contributed by atoms with E-state index in [1.165, 1.54) is 0 Å². The Balaban J connectivity index is 2.17. The maximum Gasteiger partial charge on any atom is 0.173 e. The number of anilines is 1. The van der Waals surface area contributed by atoms with Crippen LogP contribution in [0.15, 0.2) is 30.9 Å². The normalized spacial score (nSPS) is 10.8. The fourth-order valence-corrected chi connectivity index (χ4v) is 1.64. The van der Waals surface area contributed by atoms with E-state index in [-0.39, 0.29) is 0 Å². The summed E-state index contributed by atoms with van der Waals surface area (Å²) in [5.74, 6) is 1.53. The lowest BCUT2D eigenvalue weighted by Gasteiger charge is -2.15. The summed E-state index contributed by atoms with van der Waals surface area (Å²) in [5, 5.41) is 7.50. The first-order valence-corrected chi connectivity index (χ1v) is 5.92. The molecule has 2 rings (SSSR count). The van der Waals surface area contributed by atoms with Crippen LogP contribution < -0.4 is 5.32 Å². The van der Waals surface area contributed by atoms with Crippen LogP contribution >= 0.6 is 0 Å². The number of nitrogens with zero attached hydrogens (tertiary/aromatic N) is 4. The third kappa shape index (κ3) is 2.81. The fourth-order valence-electron chi connectivity index (χ4n) is 1.64. The Labute approximate surface area is 101 Å². The number of nitrogens with one attached hydrogen (secondary N) is 1. The van der Waals surface area contributed by atoms with Gasteiger partial charge in [0.15, 0.2) is 5.82 Å². The molecule has 1 N–H and O–H groups in total. The second-order valence-electron chi connectivity index (χ2n) is 3.87. The minimum absolute atomic E-state index is 0.442. The Hall–Kier alpha value is -1.91. The van der Waals surface area contributed by atoms with Gasteiger partial charge in [-0.15, -0.1) is 0 Å². The lowest BCUT2D eigenvalue weighted by molar-refractivity contribution is 0.667. The zero-order valence-corrected chi connectivity index (χ0v) is 10.2. The maximum atomic E-state index is 4.48. The highest BCUT2D eigenvalue weighted by Crippen LogP contribution is 2.10. The van der Waals surface area contributed by atoms with Crippen LogP contribution in [-0.2, 0) is 0 Å². The second-order valence-corrected chi connectivity index (χ2v) is 3.87. The Morgan fingerprint density at radius 1 is 1.29 bits per heavy atom. The van der Waals surface area contributed by atoms with E-state index in [1.54, 1.807) is 23.3 Å². The zero-order chi connectivity index (χ0) is 12.1. The van der Waals surface area contributed by atoms with E-state index in [4.69, 9.17) is 0 Å². The van der Waals surface area contributed by atoms with E-state index < -0.39 is 0 Å². The van der Waals surface area contributed by atoms with Crippen molar-refractivity contribution in [2.24, 2.45) is 0 Å². The van der Waals surface area contributed by atoms with Crippen molar-refractivity contribution in [1.82, 2.24) is 19.7 Å². The van der Waals surface area contributed by atoms with Gasteiger partial charge in [0.05, 0.1) is 12.4 Å². The number of hydrogen-bond acceptors (Lipinski definition) is 4. The van der Waals surface area contributed by atoms with E-state index in [0.29, 0.717) is 6.04 Å². The van der Waals surface area contributed by atoms with Crippen molar-refractivity contribution >= 4 is 5.82 Å². The molecule has 0 aliphatic rings. The van der Waals surface area contributed by atoms with Gasteiger partial charge in [-0.2, -0.15) is 5.10 Å². The first-order chi connectivity index (χ1) is 8.33. The van der Waals surface area contributed by atoms with Gasteiger partial charge in [0.25, 0.3) is 0 Å². The largest absolute Gasteiger partial charge is 0.366 e. The molecule has 5 heteroatoms. The van der Waals surface area contributed by atoms with Crippen molar-refractivity contribution in [1.29, 1.82) is 0 Å². The molecule has 0 bridgehead atoms. The maximum absolute atomic E-state index is 4.48. The average molecular weight is 231 g/mol. The molecule has 0 spiro atoms. The van der Waals surface area contributed by atoms with Gasteiger partial charge in [-0.3, -0.25) is 4.98 Å². The third-order valence-corrected chi connectivity index (χ3v) is 2.70. The summed E-state index contributed by atoms with van der Waals surface area (Å²) in [4.78, 5) is 8.65. The minimum atomic E-state index is 0.442. The van der Waals surface area contributed by atoms with Gasteiger partial charge in [-0.1, -0.05) is 13.8 Å². The van der Waals surface area contributed by atoms with Gasteiger partial charge in [0.1, 0.15) is 5.82 Å².